The lowest BCUT2D eigenvalue weighted by atomic mass is 10.0. The van der Waals surface area contributed by atoms with E-state index in [1.165, 1.54) is 38.5 Å². The molecule has 1 aromatic rings. The molecule has 3 heteroatoms. The fraction of sp³-hybridized carbons (Fsp3) is 0.688. The van der Waals surface area contributed by atoms with Gasteiger partial charge in [-0.05, 0) is 30.5 Å². The minimum atomic E-state index is -0.252. The van der Waals surface area contributed by atoms with Crippen molar-refractivity contribution in [2.75, 3.05) is 5.73 Å². The molecule has 0 radical (unpaired) electrons. The van der Waals surface area contributed by atoms with E-state index >= 15 is 0 Å². The van der Waals surface area contributed by atoms with Gasteiger partial charge in [-0.25, -0.2) is 4.98 Å². The second kappa shape index (κ2) is 9.79. The number of unbranched alkanes of at least 4 members (excludes halogenated alkanes) is 6. The third kappa shape index (κ3) is 7.83. The monoisotopic (exact) mass is 264 g/mol. The summed E-state index contributed by atoms with van der Waals surface area (Å²) in [5, 5.41) is 9.97. The summed E-state index contributed by atoms with van der Waals surface area (Å²) in [4.78, 5) is 3.95. The van der Waals surface area contributed by atoms with Crippen LogP contribution in [-0.4, -0.2) is 16.2 Å². The number of hydrogen-bond donors (Lipinski definition) is 2. The van der Waals surface area contributed by atoms with E-state index in [4.69, 9.17) is 5.73 Å². The van der Waals surface area contributed by atoms with Crippen molar-refractivity contribution in [3.05, 3.63) is 23.9 Å². The van der Waals surface area contributed by atoms with E-state index in [1.807, 2.05) is 12.1 Å². The third-order valence-corrected chi connectivity index (χ3v) is 3.46. The standard InChI is InChI=1S/C16H28N2O/c1-2-3-4-5-6-7-8-9-15(19)12-14-10-11-18-16(17)13-14/h10-11,13,15,19H,2-9,12H2,1H3,(H2,17,18). The maximum Gasteiger partial charge on any atom is 0.123 e. The molecule has 0 spiro atoms. The molecule has 0 saturated carbocycles. The molecular weight excluding hydrogens is 236 g/mol. The van der Waals surface area contributed by atoms with Gasteiger partial charge < -0.3 is 10.8 Å². The highest BCUT2D eigenvalue weighted by atomic mass is 16.3. The van der Waals surface area contributed by atoms with Gasteiger partial charge in [0.05, 0.1) is 6.10 Å². The Kier molecular flexibility index (Phi) is 8.23. The highest BCUT2D eigenvalue weighted by Gasteiger charge is 2.05. The Morgan fingerprint density at radius 2 is 1.84 bits per heavy atom. The zero-order valence-electron chi connectivity index (χ0n) is 12.1. The van der Waals surface area contributed by atoms with Crippen molar-refractivity contribution in [1.29, 1.82) is 0 Å². The summed E-state index contributed by atoms with van der Waals surface area (Å²) in [5.74, 6) is 0.528. The van der Waals surface area contributed by atoms with Gasteiger partial charge in [-0.2, -0.15) is 0 Å². The molecule has 19 heavy (non-hydrogen) atoms. The zero-order chi connectivity index (χ0) is 13.9. The Morgan fingerprint density at radius 1 is 1.16 bits per heavy atom. The quantitative estimate of drug-likeness (QED) is 0.633. The summed E-state index contributed by atoms with van der Waals surface area (Å²) >= 11 is 0. The van der Waals surface area contributed by atoms with Gasteiger partial charge in [0, 0.05) is 6.20 Å². The number of rotatable bonds is 10. The van der Waals surface area contributed by atoms with Crippen LogP contribution in [0.3, 0.4) is 0 Å². The van der Waals surface area contributed by atoms with Gasteiger partial charge in [0.15, 0.2) is 0 Å². The van der Waals surface area contributed by atoms with Gasteiger partial charge in [-0.15, -0.1) is 0 Å². The number of aliphatic hydroxyl groups is 1. The van der Waals surface area contributed by atoms with Crippen LogP contribution in [0.15, 0.2) is 18.3 Å². The molecule has 0 saturated heterocycles. The van der Waals surface area contributed by atoms with E-state index in [-0.39, 0.29) is 6.10 Å². The van der Waals surface area contributed by atoms with Crippen LogP contribution in [0.25, 0.3) is 0 Å². The number of nitrogens with zero attached hydrogens (tertiary/aromatic N) is 1. The Balaban J connectivity index is 2.06. The minimum absolute atomic E-state index is 0.252. The number of aliphatic hydroxyl groups excluding tert-OH is 1. The number of nitrogen functional groups attached to an aromatic ring is 1. The first-order valence-corrected chi connectivity index (χ1v) is 7.61. The van der Waals surface area contributed by atoms with Crippen LogP contribution in [0.1, 0.15) is 63.9 Å². The van der Waals surface area contributed by atoms with Crippen molar-refractivity contribution >= 4 is 5.82 Å². The number of nitrogens with two attached hydrogens (primary N) is 1. The van der Waals surface area contributed by atoms with E-state index in [0.717, 1.165) is 18.4 Å². The molecule has 1 heterocycles. The number of pyridine rings is 1. The van der Waals surface area contributed by atoms with E-state index in [0.29, 0.717) is 12.2 Å². The summed E-state index contributed by atoms with van der Waals surface area (Å²) in [6, 6.07) is 3.76. The average Bonchev–Trinajstić information content (AvgIpc) is 2.37. The normalized spacial score (nSPS) is 12.5. The van der Waals surface area contributed by atoms with E-state index in [9.17, 15) is 5.11 Å². The molecule has 0 aliphatic carbocycles. The van der Waals surface area contributed by atoms with Gasteiger partial charge in [0.25, 0.3) is 0 Å². The van der Waals surface area contributed by atoms with Crippen molar-refractivity contribution in [2.24, 2.45) is 0 Å². The van der Waals surface area contributed by atoms with Crippen molar-refractivity contribution in [1.82, 2.24) is 4.98 Å². The van der Waals surface area contributed by atoms with Gasteiger partial charge in [0.2, 0.25) is 0 Å². The van der Waals surface area contributed by atoms with Crippen molar-refractivity contribution < 1.29 is 5.11 Å². The van der Waals surface area contributed by atoms with E-state index in [1.54, 1.807) is 6.20 Å². The number of anilines is 1. The molecule has 1 rings (SSSR count). The van der Waals surface area contributed by atoms with Crippen LogP contribution in [0.5, 0.6) is 0 Å². The molecule has 0 fully saturated rings. The molecule has 0 aliphatic heterocycles. The van der Waals surface area contributed by atoms with Gasteiger partial charge >= 0.3 is 0 Å². The Bertz CT molecular complexity index is 341. The average molecular weight is 264 g/mol. The molecule has 0 aromatic carbocycles. The zero-order valence-corrected chi connectivity index (χ0v) is 12.1. The fourth-order valence-electron chi connectivity index (χ4n) is 2.33. The molecule has 0 bridgehead atoms. The first-order chi connectivity index (χ1) is 9.22. The highest BCUT2D eigenvalue weighted by molar-refractivity contribution is 5.32. The van der Waals surface area contributed by atoms with Crippen molar-refractivity contribution in [2.45, 2.75) is 70.8 Å². The van der Waals surface area contributed by atoms with E-state index < -0.39 is 0 Å². The number of aromatic nitrogens is 1. The predicted octanol–water partition coefficient (Wildman–Crippen LogP) is 3.71. The molecule has 0 amide bonds. The second-order valence-corrected chi connectivity index (χ2v) is 5.36. The molecule has 1 aromatic heterocycles. The lowest BCUT2D eigenvalue weighted by molar-refractivity contribution is 0.161. The third-order valence-electron chi connectivity index (χ3n) is 3.46. The summed E-state index contributed by atoms with van der Waals surface area (Å²) in [6.45, 7) is 2.24. The van der Waals surface area contributed by atoms with Gasteiger partial charge in [0.1, 0.15) is 5.82 Å². The topological polar surface area (TPSA) is 59.1 Å². The molecule has 3 N–H and O–H groups in total. The summed E-state index contributed by atoms with van der Waals surface area (Å²) in [7, 11) is 0. The van der Waals surface area contributed by atoms with Gasteiger partial charge in [-0.1, -0.05) is 51.9 Å². The number of hydrogen-bond acceptors (Lipinski definition) is 3. The van der Waals surface area contributed by atoms with Crippen molar-refractivity contribution in [3.8, 4) is 0 Å². The first kappa shape index (κ1) is 16.0. The Morgan fingerprint density at radius 3 is 2.53 bits per heavy atom. The van der Waals surface area contributed by atoms with Crippen LogP contribution in [0.4, 0.5) is 5.82 Å². The maximum absolute atomic E-state index is 9.97. The van der Waals surface area contributed by atoms with Crippen LogP contribution < -0.4 is 5.73 Å². The highest BCUT2D eigenvalue weighted by Crippen LogP contribution is 2.13. The molecular formula is C16H28N2O. The lowest BCUT2D eigenvalue weighted by Gasteiger charge is -2.10. The molecule has 0 aliphatic rings. The largest absolute Gasteiger partial charge is 0.393 e. The van der Waals surface area contributed by atoms with Gasteiger partial charge in [-0.3, -0.25) is 0 Å². The fourth-order valence-corrected chi connectivity index (χ4v) is 2.33. The minimum Gasteiger partial charge on any atom is -0.393 e. The molecule has 108 valence electrons. The Labute approximate surface area is 117 Å². The van der Waals surface area contributed by atoms with Crippen LogP contribution >= 0.6 is 0 Å². The lowest BCUT2D eigenvalue weighted by Crippen LogP contribution is -2.10. The Hall–Kier alpha value is -1.09. The smallest absolute Gasteiger partial charge is 0.123 e. The molecule has 1 atom stereocenters. The SMILES string of the molecule is CCCCCCCCCC(O)Cc1ccnc(N)c1. The summed E-state index contributed by atoms with van der Waals surface area (Å²) in [5.41, 5.74) is 6.69. The van der Waals surface area contributed by atoms with Crippen LogP contribution in [-0.2, 0) is 6.42 Å². The van der Waals surface area contributed by atoms with Crippen LogP contribution in [0, 0.1) is 0 Å². The maximum atomic E-state index is 9.97. The molecule has 1 unspecified atom stereocenters. The van der Waals surface area contributed by atoms with Crippen molar-refractivity contribution in [3.63, 3.8) is 0 Å². The van der Waals surface area contributed by atoms with Crippen LogP contribution in [0.2, 0.25) is 0 Å². The predicted molar refractivity (Wildman–Crippen MR) is 81.0 cm³/mol. The second-order valence-electron chi connectivity index (χ2n) is 5.36. The first-order valence-electron chi connectivity index (χ1n) is 7.61. The summed E-state index contributed by atoms with van der Waals surface area (Å²) in [6.07, 6.45) is 12.0. The molecule has 3 nitrogen and oxygen atoms in total. The van der Waals surface area contributed by atoms with E-state index in [2.05, 4.69) is 11.9 Å². The summed E-state index contributed by atoms with van der Waals surface area (Å²) < 4.78 is 0.